The van der Waals surface area contributed by atoms with E-state index in [4.69, 9.17) is 8.85 Å². The fraction of sp³-hybridized carbons (Fsp3) is 0.950. The second-order valence-corrected chi connectivity index (χ2v) is 15.9. The molecule has 0 aromatic carbocycles. The molecule has 0 rings (SSSR count). The van der Waals surface area contributed by atoms with Crippen LogP contribution in [0.5, 0.6) is 0 Å². The number of carbonyl (C=O) groups excluding carboxylic acids is 1. The van der Waals surface area contributed by atoms with Crippen LogP contribution in [0.2, 0.25) is 22.2 Å². The van der Waals surface area contributed by atoms with Gasteiger partial charge in [0.2, 0.25) is 9.76 Å². The average Bonchev–Trinajstić information content (AvgIpc) is 2.43. The summed E-state index contributed by atoms with van der Waals surface area (Å²) in [7, 11) is -1.95. The predicted octanol–water partition coefficient (Wildman–Crippen LogP) is 6.36. The van der Waals surface area contributed by atoms with Gasteiger partial charge in [0.25, 0.3) is 14.3 Å². The highest BCUT2D eigenvalue weighted by atomic mass is 28.4. The molecule has 0 bridgehead atoms. The van der Waals surface area contributed by atoms with Crippen molar-refractivity contribution in [3.05, 3.63) is 0 Å². The summed E-state index contributed by atoms with van der Waals surface area (Å²) in [4.78, 5) is 12.9. The molecule has 0 aliphatic heterocycles. The molecule has 0 N–H and O–H groups in total. The first-order chi connectivity index (χ1) is 11.3. The van der Waals surface area contributed by atoms with Gasteiger partial charge in [0.15, 0.2) is 0 Å². The van der Waals surface area contributed by atoms with E-state index in [1.165, 1.54) is 12.8 Å². The molecule has 148 valence electrons. The van der Waals surface area contributed by atoms with Crippen molar-refractivity contribution in [1.82, 2.24) is 0 Å². The van der Waals surface area contributed by atoms with Crippen molar-refractivity contribution < 1.29 is 13.6 Å². The van der Waals surface area contributed by atoms with Crippen LogP contribution < -0.4 is 0 Å². The van der Waals surface area contributed by atoms with E-state index >= 15 is 0 Å². The van der Waals surface area contributed by atoms with Crippen molar-refractivity contribution in [3.63, 3.8) is 0 Å². The first-order valence-electron chi connectivity index (χ1n) is 9.90. The number of carbonyl (C=O) groups is 1. The summed E-state index contributed by atoms with van der Waals surface area (Å²) in [6, 6.07) is 1.81. The molecule has 1 atom stereocenters. The van der Waals surface area contributed by atoms with Gasteiger partial charge in [-0.15, -0.1) is 0 Å². The van der Waals surface area contributed by atoms with Crippen molar-refractivity contribution in [1.29, 1.82) is 0 Å². The number of rotatable bonds is 10. The smallest absolute Gasteiger partial charge is 0.295 e. The Balaban J connectivity index is 5.30. The monoisotopic (exact) mass is 386 g/mol. The maximum atomic E-state index is 12.9. The quantitative estimate of drug-likeness (QED) is 0.323. The van der Waals surface area contributed by atoms with Crippen LogP contribution in [-0.4, -0.2) is 30.2 Å². The molecule has 5 heteroatoms. The van der Waals surface area contributed by atoms with Gasteiger partial charge in [-0.3, -0.25) is 4.79 Å². The van der Waals surface area contributed by atoms with Crippen LogP contribution in [0.1, 0.15) is 88.5 Å². The largest absolute Gasteiger partial charge is 0.518 e. The second kappa shape index (κ2) is 10.3. The molecule has 25 heavy (non-hydrogen) atoms. The van der Waals surface area contributed by atoms with Crippen LogP contribution in [0.3, 0.4) is 0 Å². The fourth-order valence-electron chi connectivity index (χ4n) is 3.55. The van der Waals surface area contributed by atoms with E-state index in [9.17, 15) is 4.79 Å². The van der Waals surface area contributed by atoms with Gasteiger partial charge in [-0.05, 0) is 36.0 Å². The van der Waals surface area contributed by atoms with E-state index in [1.807, 2.05) is 20.8 Å². The summed E-state index contributed by atoms with van der Waals surface area (Å²) >= 11 is 0. The molecule has 0 saturated heterocycles. The highest BCUT2D eigenvalue weighted by Gasteiger charge is 2.57. The summed E-state index contributed by atoms with van der Waals surface area (Å²) in [6.45, 7) is 21.8. The molecular formula is C20H42O3Si2. The van der Waals surface area contributed by atoms with Crippen LogP contribution in [0.25, 0.3) is 0 Å². The molecule has 0 aliphatic carbocycles. The Kier molecular flexibility index (Phi) is 10.2. The Hall–Kier alpha value is -0.136. The standard InChI is InChI=1S/C20H42O3Si2/c1-11-12-13-14-25(19(5,6)7,20(8,9)10)23-18(21)17(4)15-24-22-16(2)3/h16-17H,11-15H2,1-10H3. The van der Waals surface area contributed by atoms with Crippen LogP contribution in [0.15, 0.2) is 0 Å². The zero-order valence-corrected chi connectivity index (χ0v) is 20.4. The Labute approximate surface area is 160 Å². The SMILES string of the molecule is CCCCC[Si](OC(=O)C(C)C[Si]OC(C)C)(C(C)(C)C)C(C)(C)C. The Morgan fingerprint density at radius 1 is 1.00 bits per heavy atom. The van der Waals surface area contributed by atoms with Crippen molar-refractivity contribution >= 4 is 24.0 Å². The molecule has 0 amide bonds. The van der Waals surface area contributed by atoms with Crippen LogP contribution in [0, 0.1) is 5.92 Å². The van der Waals surface area contributed by atoms with E-state index in [0.29, 0.717) is 9.76 Å². The molecule has 0 aromatic heterocycles. The van der Waals surface area contributed by atoms with E-state index < -0.39 is 8.32 Å². The Morgan fingerprint density at radius 3 is 1.92 bits per heavy atom. The lowest BCUT2D eigenvalue weighted by Crippen LogP contribution is -2.56. The van der Waals surface area contributed by atoms with E-state index in [0.717, 1.165) is 18.5 Å². The lowest BCUT2D eigenvalue weighted by atomic mass is 10.2. The minimum absolute atomic E-state index is 0.0189. The first kappa shape index (κ1) is 24.9. The number of unbranched alkanes of at least 4 members (excludes halogenated alkanes) is 2. The van der Waals surface area contributed by atoms with E-state index in [1.54, 1.807) is 0 Å². The molecule has 0 aliphatic rings. The van der Waals surface area contributed by atoms with Crippen molar-refractivity contribution in [2.75, 3.05) is 0 Å². The van der Waals surface area contributed by atoms with Crippen LogP contribution in [0.4, 0.5) is 0 Å². The Bertz CT molecular complexity index is 381. The van der Waals surface area contributed by atoms with Gasteiger partial charge in [-0.1, -0.05) is 74.7 Å². The van der Waals surface area contributed by atoms with Gasteiger partial charge in [0.05, 0.1) is 5.92 Å². The van der Waals surface area contributed by atoms with E-state index in [2.05, 4.69) is 48.5 Å². The van der Waals surface area contributed by atoms with Gasteiger partial charge in [0, 0.05) is 6.10 Å². The summed E-state index contributed by atoms with van der Waals surface area (Å²) in [5, 5.41) is 0.0379. The van der Waals surface area contributed by atoms with Crippen molar-refractivity contribution in [2.45, 2.75) is 117 Å². The van der Waals surface area contributed by atoms with Gasteiger partial charge in [0.1, 0.15) is 0 Å². The lowest BCUT2D eigenvalue weighted by molar-refractivity contribution is -0.139. The average molecular weight is 387 g/mol. The third-order valence-corrected chi connectivity index (χ3v) is 12.8. The zero-order chi connectivity index (χ0) is 19.9. The normalized spacial score (nSPS) is 14.7. The molecule has 0 heterocycles. The minimum atomic E-state index is -2.31. The Morgan fingerprint density at radius 2 is 1.52 bits per heavy atom. The number of hydrogen-bond acceptors (Lipinski definition) is 3. The molecule has 3 nitrogen and oxygen atoms in total. The maximum absolute atomic E-state index is 12.9. The van der Waals surface area contributed by atoms with Crippen LogP contribution >= 0.6 is 0 Å². The van der Waals surface area contributed by atoms with Crippen molar-refractivity contribution in [3.8, 4) is 0 Å². The molecule has 0 saturated carbocycles. The van der Waals surface area contributed by atoms with Gasteiger partial charge >= 0.3 is 0 Å². The van der Waals surface area contributed by atoms with Gasteiger partial charge < -0.3 is 8.85 Å². The van der Waals surface area contributed by atoms with Crippen molar-refractivity contribution in [2.24, 2.45) is 5.92 Å². The maximum Gasteiger partial charge on any atom is 0.295 e. The number of hydrogen-bond donors (Lipinski definition) is 0. The fourth-order valence-corrected chi connectivity index (χ4v) is 10.2. The topological polar surface area (TPSA) is 35.5 Å². The predicted molar refractivity (Wildman–Crippen MR) is 112 cm³/mol. The first-order valence-corrected chi connectivity index (χ1v) is 13.1. The summed E-state index contributed by atoms with van der Waals surface area (Å²) < 4.78 is 12.1. The van der Waals surface area contributed by atoms with Gasteiger partial charge in [-0.25, -0.2) is 0 Å². The second-order valence-electron chi connectivity index (χ2n) is 9.62. The lowest BCUT2D eigenvalue weighted by Gasteiger charge is -2.50. The molecule has 0 aromatic rings. The third-order valence-electron chi connectivity index (χ3n) is 4.94. The summed E-state index contributed by atoms with van der Waals surface area (Å²) in [5.74, 6) is -0.118. The highest BCUT2D eigenvalue weighted by Crippen LogP contribution is 2.54. The molecular weight excluding hydrogens is 344 g/mol. The van der Waals surface area contributed by atoms with Crippen LogP contribution in [-0.2, 0) is 13.6 Å². The molecule has 0 spiro atoms. The molecule has 0 fully saturated rings. The zero-order valence-electron chi connectivity index (χ0n) is 18.4. The highest BCUT2D eigenvalue weighted by molar-refractivity contribution is 6.80. The minimum Gasteiger partial charge on any atom is -0.518 e. The molecule has 1 unspecified atom stereocenters. The third kappa shape index (κ3) is 7.55. The van der Waals surface area contributed by atoms with E-state index in [-0.39, 0.29) is 28.1 Å². The molecule has 2 radical (unpaired) electrons. The van der Waals surface area contributed by atoms with Gasteiger partial charge in [-0.2, -0.15) is 0 Å². The summed E-state index contributed by atoms with van der Waals surface area (Å²) in [6.07, 6.45) is 3.76. The summed E-state index contributed by atoms with van der Waals surface area (Å²) in [5.41, 5.74) is 0.